The highest BCUT2D eigenvalue weighted by Gasteiger charge is 2.37. The van der Waals surface area contributed by atoms with Gasteiger partial charge in [0.25, 0.3) is 5.91 Å². The van der Waals surface area contributed by atoms with Gasteiger partial charge in [-0.3, -0.25) is 4.79 Å². The fourth-order valence-corrected chi connectivity index (χ4v) is 4.13. The molecule has 0 saturated heterocycles. The number of hydrogen-bond acceptors (Lipinski definition) is 3. The summed E-state index contributed by atoms with van der Waals surface area (Å²) in [5.74, 6) is -0.177. The molecule has 0 aliphatic carbocycles. The van der Waals surface area contributed by atoms with Crippen molar-refractivity contribution < 1.29 is 9.53 Å². The molecular formula is C24H20Br2N2O2. The first-order valence-electron chi connectivity index (χ1n) is 9.56. The topological polar surface area (TPSA) is 41.9 Å². The third kappa shape index (κ3) is 4.41. The number of hydrogen-bond donors (Lipinski definition) is 0. The van der Waals surface area contributed by atoms with Gasteiger partial charge in [0.05, 0.1) is 11.8 Å². The molecule has 1 amide bonds. The van der Waals surface area contributed by atoms with E-state index in [1.807, 2.05) is 78.9 Å². The van der Waals surface area contributed by atoms with Gasteiger partial charge >= 0.3 is 0 Å². The Balaban J connectivity index is 1.71. The minimum atomic E-state index is -0.711. The summed E-state index contributed by atoms with van der Waals surface area (Å²) in [7, 11) is 1.56. The lowest BCUT2D eigenvalue weighted by Gasteiger charge is -2.26. The van der Waals surface area contributed by atoms with Crippen LogP contribution in [0.1, 0.15) is 35.3 Å². The molecule has 1 heterocycles. The van der Waals surface area contributed by atoms with Crippen LogP contribution in [-0.2, 0) is 9.53 Å². The number of rotatable bonds is 5. The third-order valence-electron chi connectivity index (χ3n) is 5.13. The van der Waals surface area contributed by atoms with Crippen molar-refractivity contribution in [2.45, 2.75) is 18.6 Å². The van der Waals surface area contributed by atoms with Crippen molar-refractivity contribution in [3.63, 3.8) is 0 Å². The lowest BCUT2D eigenvalue weighted by molar-refractivity contribution is -0.144. The summed E-state index contributed by atoms with van der Waals surface area (Å²) in [4.78, 5) is 13.5. The fraction of sp³-hybridized carbons (Fsp3) is 0.167. The Labute approximate surface area is 192 Å². The Kier molecular flexibility index (Phi) is 6.46. The Morgan fingerprint density at radius 2 is 1.57 bits per heavy atom. The predicted molar refractivity (Wildman–Crippen MR) is 125 cm³/mol. The van der Waals surface area contributed by atoms with Crippen LogP contribution in [0.2, 0.25) is 0 Å². The molecule has 0 aromatic heterocycles. The maximum atomic E-state index is 13.5. The zero-order valence-corrected chi connectivity index (χ0v) is 19.5. The second-order valence-electron chi connectivity index (χ2n) is 7.03. The van der Waals surface area contributed by atoms with E-state index < -0.39 is 6.10 Å². The summed E-state index contributed by atoms with van der Waals surface area (Å²) >= 11 is 6.96. The predicted octanol–water partition coefficient (Wildman–Crippen LogP) is 6.28. The van der Waals surface area contributed by atoms with E-state index in [0.717, 1.165) is 31.3 Å². The minimum absolute atomic E-state index is 0.177. The van der Waals surface area contributed by atoms with Crippen LogP contribution in [0.15, 0.2) is 92.9 Å². The maximum absolute atomic E-state index is 13.5. The van der Waals surface area contributed by atoms with Crippen LogP contribution in [-0.4, -0.2) is 23.7 Å². The number of benzene rings is 3. The van der Waals surface area contributed by atoms with Gasteiger partial charge in [-0.2, -0.15) is 5.10 Å². The number of methoxy groups -OCH3 is 1. The SMILES string of the molecule is CO[C@@H](C(=O)N1N=C(c2ccc(Br)cc2)C[C@H]1c1ccc(Br)cc1)c1ccccc1. The van der Waals surface area contributed by atoms with Crippen LogP contribution in [0.3, 0.4) is 0 Å². The van der Waals surface area contributed by atoms with Crippen molar-refractivity contribution in [3.05, 3.63) is 104 Å². The minimum Gasteiger partial charge on any atom is -0.367 e. The van der Waals surface area contributed by atoms with Crippen LogP contribution < -0.4 is 0 Å². The van der Waals surface area contributed by atoms with Gasteiger partial charge in [0.1, 0.15) is 0 Å². The standard InChI is InChI=1S/C24H20Br2N2O2/c1-30-23(18-5-3-2-4-6-18)24(29)28-22(17-9-13-20(26)14-10-17)15-21(27-28)16-7-11-19(25)12-8-16/h2-14,22-23H,15H2,1H3/t22-,23+/m0/s1. The van der Waals surface area contributed by atoms with Gasteiger partial charge in [-0.25, -0.2) is 5.01 Å². The van der Waals surface area contributed by atoms with Crippen LogP contribution in [0.25, 0.3) is 0 Å². The molecule has 0 saturated carbocycles. The van der Waals surface area contributed by atoms with E-state index in [0.29, 0.717) is 6.42 Å². The summed E-state index contributed by atoms with van der Waals surface area (Å²) in [5, 5.41) is 6.34. The molecule has 6 heteroatoms. The highest BCUT2D eigenvalue weighted by Crippen LogP contribution is 2.36. The van der Waals surface area contributed by atoms with Crippen LogP contribution in [0.4, 0.5) is 0 Å². The highest BCUT2D eigenvalue weighted by molar-refractivity contribution is 9.10. The zero-order chi connectivity index (χ0) is 21.1. The summed E-state index contributed by atoms with van der Waals surface area (Å²) in [6.45, 7) is 0. The molecule has 4 rings (SSSR count). The van der Waals surface area contributed by atoms with Crippen molar-refractivity contribution in [2.75, 3.05) is 7.11 Å². The molecule has 0 bridgehead atoms. The molecule has 152 valence electrons. The second kappa shape index (κ2) is 9.25. The number of ether oxygens (including phenoxy) is 1. The number of hydrazone groups is 1. The molecule has 0 fully saturated rings. The first-order chi connectivity index (χ1) is 14.6. The first-order valence-corrected chi connectivity index (χ1v) is 11.1. The smallest absolute Gasteiger partial charge is 0.276 e. The van der Waals surface area contributed by atoms with Gasteiger partial charge in [-0.15, -0.1) is 0 Å². The van der Waals surface area contributed by atoms with Crippen LogP contribution in [0, 0.1) is 0 Å². The van der Waals surface area contributed by atoms with E-state index in [2.05, 4.69) is 31.9 Å². The monoisotopic (exact) mass is 526 g/mol. The van der Waals surface area contributed by atoms with Gasteiger partial charge in [-0.1, -0.05) is 86.5 Å². The maximum Gasteiger partial charge on any atom is 0.276 e. The number of carbonyl (C=O) groups is 1. The van der Waals surface area contributed by atoms with E-state index >= 15 is 0 Å². The molecule has 3 aromatic rings. The quantitative estimate of drug-likeness (QED) is 0.392. The van der Waals surface area contributed by atoms with Crippen molar-refractivity contribution in [3.8, 4) is 0 Å². The summed E-state index contributed by atoms with van der Waals surface area (Å²) < 4.78 is 7.60. The summed E-state index contributed by atoms with van der Waals surface area (Å²) in [6.07, 6.45) is -0.0718. The van der Waals surface area contributed by atoms with Crippen LogP contribution in [0.5, 0.6) is 0 Å². The number of carbonyl (C=O) groups excluding carboxylic acids is 1. The van der Waals surface area contributed by atoms with Crippen molar-refractivity contribution >= 4 is 43.5 Å². The van der Waals surface area contributed by atoms with Gasteiger partial charge in [-0.05, 0) is 41.0 Å². The first kappa shape index (κ1) is 21.0. The van der Waals surface area contributed by atoms with E-state index in [1.54, 1.807) is 12.1 Å². The molecular weight excluding hydrogens is 508 g/mol. The van der Waals surface area contributed by atoms with Gasteiger partial charge in [0, 0.05) is 22.5 Å². The van der Waals surface area contributed by atoms with E-state index in [4.69, 9.17) is 9.84 Å². The van der Waals surface area contributed by atoms with Crippen molar-refractivity contribution in [1.82, 2.24) is 5.01 Å². The molecule has 1 aliphatic heterocycles. The Hall–Kier alpha value is -2.28. The van der Waals surface area contributed by atoms with E-state index in [9.17, 15) is 4.79 Å². The van der Waals surface area contributed by atoms with E-state index in [1.165, 1.54) is 0 Å². The lowest BCUT2D eigenvalue weighted by atomic mass is 9.98. The highest BCUT2D eigenvalue weighted by atomic mass is 79.9. The number of halogens is 2. The Bertz CT molecular complexity index is 1050. The molecule has 2 atom stereocenters. The molecule has 3 aromatic carbocycles. The molecule has 0 radical (unpaired) electrons. The van der Waals surface area contributed by atoms with Crippen LogP contribution >= 0.6 is 31.9 Å². The largest absolute Gasteiger partial charge is 0.367 e. The van der Waals surface area contributed by atoms with E-state index in [-0.39, 0.29) is 11.9 Å². The molecule has 4 nitrogen and oxygen atoms in total. The molecule has 30 heavy (non-hydrogen) atoms. The molecule has 0 unspecified atom stereocenters. The lowest BCUT2D eigenvalue weighted by Crippen LogP contribution is -2.32. The van der Waals surface area contributed by atoms with Crippen molar-refractivity contribution in [1.29, 1.82) is 0 Å². The average Bonchev–Trinajstić information content (AvgIpc) is 3.21. The molecule has 0 spiro atoms. The number of amides is 1. The molecule has 1 aliphatic rings. The molecule has 0 N–H and O–H groups in total. The average molecular weight is 528 g/mol. The third-order valence-corrected chi connectivity index (χ3v) is 6.19. The van der Waals surface area contributed by atoms with Gasteiger partial charge in [0.2, 0.25) is 0 Å². The zero-order valence-electron chi connectivity index (χ0n) is 16.3. The van der Waals surface area contributed by atoms with Gasteiger partial charge < -0.3 is 4.74 Å². The van der Waals surface area contributed by atoms with Gasteiger partial charge in [0.15, 0.2) is 6.10 Å². The Morgan fingerprint density at radius 1 is 0.967 bits per heavy atom. The van der Waals surface area contributed by atoms with Crippen molar-refractivity contribution in [2.24, 2.45) is 5.10 Å². The summed E-state index contributed by atoms with van der Waals surface area (Å²) in [5.41, 5.74) is 3.73. The Morgan fingerprint density at radius 3 is 2.17 bits per heavy atom. The summed E-state index contributed by atoms with van der Waals surface area (Å²) in [6, 6.07) is 25.4. The fourth-order valence-electron chi connectivity index (χ4n) is 3.60. The number of nitrogens with zero attached hydrogens (tertiary/aromatic N) is 2. The normalized spacial score (nSPS) is 17.0. The second-order valence-corrected chi connectivity index (χ2v) is 8.87.